The van der Waals surface area contributed by atoms with Gasteiger partial charge in [0.15, 0.2) is 18.1 Å². The lowest BCUT2D eigenvalue weighted by molar-refractivity contribution is -0.136. The molecule has 10 heteroatoms. The third-order valence-electron chi connectivity index (χ3n) is 5.36. The van der Waals surface area contributed by atoms with Gasteiger partial charge < -0.3 is 24.8 Å². The lowest BCUT2D eigenvalue weighted by Gasteiger charge is -2.11. The normalized spacial score (nSPS) is 10.5. The van der Waals surface area contributed by atoms with Crippen molar-refractivity contribution in [1.29, 1.82) is 0 Å². The van der Waals surface area contributed by atoms with E-state index in [1.165, 1.54) is 18.9 Å². The fourth-order valence-electron chi connectivity index (χ4n) is 3.31. The summed E-state index contributed by atoms with van der Waals surface area (Å²) in [5.74, 6) is -0.699. The van der Waals surface area contributed by atoms with Gasteiger partial charge in [0.25, 0.3) is 5.91 Å². The van der Waals surface area contributed by atoms with Gasteiger partial charge in [-0.3, -0.25) is 14.4 Å². The molecule has 3 rings (SSSR count). The maximum atomic E-state index is 12.3. The van der Waals surface area contributed by atoms with Crippen molar-refractivity contribution < 1.29 is 28.6 Å². The largest absolute Gasteiger partial charge is 0.494 e. The Morgan fingerprint density at radius 2 is 1.51 bits per heavy atom. The van der Waals surface area contributed by atoms with E-state index < -0.39 is 11.8 Å². The number of carbonyl (C=O) groups is 3. The van der Waals surface area contributed by atoms with E-state index in [1.54, 1.807) is 42.5 Å². The Hall–Kier alpha value is -4.86. The first kappa shape index (κ1) is 28.7. The number of rotatable bonds is 12. The van der Waals surface area contributed by atoms with E-state index in [0.29, 0.717) is 40.8 Å². The molecular weight excluding hydrogens is 500 g/mol. The second kappa shape index (κ2) is 14.8. The molecule has 0 aliphatic heterocycles. The fraction of sp³-hybridized carbons (Fsp3) is 0.241. The molecule has 0 radical (unpaired) electrons. The predicted octanol–water partition coefficient (Wildman–Crippen LogP) is 4.15. The highest BCUT2D eigenvalue weighted by Crippen LogP contribution is 2.27. The van der Waals surface area contributed by atoms with Crippen molar-refractivity contribution in [3.63, 3.8) is 0 Å². The Labute approximate surface area is 227 Å². The van der Waals surface area contributed by atoms with Crippen molar-refractivity contribution in [2.24, 2.45) is 5.10 Å². The van der Waals surface area contributed by atoms with Gasteiger partial charge in [0.05, 0.1) is 19.9 Å². The minimum atomic E-state index is -0.931. The molecule has 0 saturated heterocycles. The van der Waals surface area contributed by atoms with Crippen LogP contribution in [0, 0.1) is 0 Å². The van der Waals surface area contributed by atoms with Crippen LogP contribution in [-0.2, 0) is 20.8 Å². The first-order valence-electron chi connectivity index (χ1n) is 12.5. The fourth-order valence-corrected chi connectivity index (χ4v) is 3.31. The number of hydrogen-bond acceptors (Lipinski definition) is 7. The molecule has 0 aromatic heterocycles. The number of ether oxygens (including phenoxy) is 3. The molecule has 3 aromatic carbocycles. The number of methoxy groups -OCH3 is 1. The number of anilines is 2. The van der Waals surface area contributed by atoms with E-state index in [-0.39, 0.29) is 12.5 Å². The Kier molecular flexibility index (Phi) is 10.9. The standard InChI is InChI=1S/C29H32N4O6/c1-4-16-38-24-13-11-23(12-14-24)32-28(35)29(36)33-30-18-21-8-15-25(26(17-21)37-3)39-19-27(34)31-22-9-6-20(5-2)7-10-22/h6-15,17-18H,4-5,16,19H2,1-3H3,(H,31,34)(H,32,35)(H,33,36)/b30-18-. The quantitative estimate of drug-likeness (QED) is 0.183. The summed E-state index contributed by atoms with van der Waals surface area (Å²) in [5, 5.41) is 9.10. The third-order valence-corrected chi connectivity index (χ3v) is 5.36. The van der Waals surface area contributed by atoms with Crippen molar-refractivity contribution in [1.82, 2.24) is 5.43 Å². The highest BCUT2D eigenvalue weighted by molar-refractivity contribution is 6.39. The highest BCUT2D eigenvalue weighted by atomic mass is 16.5. The summed E-state index contributed by atoms with van der Waals surface area (Å²) in [6.07, 6.45) is 3.16. The number of benzene rings is 3. The van der Waals surface area contributed by atoms with Crippen LogP contribution in [0.15, 0.2) is 71.8 Å². The number of hydrazone groups is 1. The zero-order valence-corrected chi connectivity index (χ0v) is 22.2. The molecule has 0 spiro atoms. The average molecular weight is 533 g/mol. The summed E-state index contributed by atoms with van der Waals surface area (Å²) < 4.78 is 16.4. The van der Waals surface area contributed by atoms with Gasteiger partial charge in [0.2, 0.25) is 0 Å². The van der Waals surface area contributed by atoms with Crippen molar-refractivity contribution in [2.45, 2.75) is 26.7 Å². The number of aryl methyl sites for hydroxylation is 1. The number of amides is 3. The lowest BCUT2D eigenvalue weighted by Crippen LogP contribution is -2.32. The summed E-state index contributed by atoms with van der Waals surface area (Å²) >= 11 is 0. The first-order valence-corrected chi connectivity index (χ1v) is 12.5. The summed E-state index contributed by atoms with van der Waals surface area (Å²) in [4.78, 5) is 36.5. The molecule has 39 heavy (non-hydrogen) atoms. The molecular formula is C29H32N4O6. The average Bonchev–Trinajstić information content (AvgIpc) is 2.96. The summed E-state index contributed by atoms with van der Waals surface area (Å²) in [7, 11) is 1.47. The van der Waals surface area contributed by atoms with Crippen LogP contribution >= 0.6 is 0 Å². The number of carbonyl (C=O) groups excluding carboxylic acids is 3. The molecule has 0 heterocycles. The monoisotopic (exact) mass is 532 g/mol. The summed E-state index contributed by atoms with van der Waals surface area (Å²) in [6, 6.07) is 19.2. The Bertz CT molecular complexity index is 1290. The van der Waals surface area contributed by atoms with E-state index in [2.05, 4.69) is 28.1 Å². The lowest BCUT2D eigenvalue weighted by atomic mass is 10.1. The number of nitrogens with zero attached hydrogens (tertiary/aromatic N) is 1. The minimum Gasteiger partial charge on any atom is -0.494 e. The molecule has 3 N–H and O–H groups in total. The van der Waals surface area contributed by atoms with E-state index in [1.807, 2.05) is 31.2 Å². The second-order valence-corrected chi connectivity index (χ2v) is 8.32. The van der Waals surface area contributed by atoms with Gasteiger partial charge in [0.1, 0.15) is 5.75 Å². The van der Waals surface area contributed by atoms with E-state index in [0.717, 1.165) is 12.8 Å². The molecule has 10 nitrogen and oxygen atoms in total. The van der Waals surface area contributed by atoms with Crippen LogP contribution in [0.3, 0.4) is 0 Å². The number of nitrogens with one attached hydrogen (secondary N) is 3. The van der Waals surface area contributed by atoms with E-state index in [9.17, 15) is 14.4 Å². The van der Waals surface area contributed by atoms with Gasteiger partial charge in [-0.1, -0.05) is 26.0 Å². The van der Waals surface area contributed by atoms with Crippen LogP contribution in [0.5, 0.6) is 17.2 Å². The molecule has 0 aliphatic rings. The van der Waals surface area contributed by atoms with Crippen LogP contribution in [0.1, 0.15) is 31.4 Å². The molecule has 0 unspecified atom stereocenters. The maximum Gasteiger partial charge on any atom is 0.329 e. The third kappa shape index (κ3) is 9.19. The van der Waals surface area contributed by atoms with Crippen molar-refractivity contribution in [3.8, 4) is 17.2 Å². The molecule has 0 aliphatic carbocycles. The summed E-state index contributed by atoms with van der Waals surface area (Å²) in [6.45, 7) is 4.46. The van der Waals surface area contributed by atoms with Gasteiger partial charge in [0, 0.05) is 11.4 Å². The molecule has 0 saturated carbocycles. The van der Waals surface area contributed by atoms with Crippen LogP contribution < -0.4 is 30.3 Å². The zero-order chi connectivity index (χ0) is 28.0. The van der Waals surface area contributed by atoms with Crippen LogP contribution in [0.25, 0.3) is 0 Å². The van der Waals surface area contributed by atoms with E-state index >= 15 is 0 Å². The van der Waals surface area contributed by atoms with Crippen molar-refractivity contribution in [3.05, 3.63) is 77.9 Å². The zero-order valence-electron chi connectivity index (χ0n) is 22.2. The summed E-state index contributed by atoms with van der Waals surface area (Å²) in [5.41, 5.74) is 5.07. The van der Waals surface area contributed by atoms with Gasteiger partial charge in [-0.25, -0.2) is 5.43 Å². The predicted molar refractivity (Wildman–Crippen MR) is 150 cm³/mol. The maximum absolute atomic E-state index is 12.3. The van der Waals surface area contributed by atoms with Gasteiger partial charge in [-0.15, -0.1) is 0 Å². The van der Waals surface area contributed by atoms with Crippen LogP contribution in [0.2, 0.25) is 0 Å². The Morgan fingerprint density at radius 3 is 2.18 bits per heavy atom. The molecule has 0 fully saturated rings. The molecule has 0 atom stereocenters. The number of hydrogen-bond donors (Lipinski definition) is 3. The molecule has 3 amide bonds. The van der Waals surface area contributed by atoms with Gasteiger partial charge in [-0.2, -0.15) is 5.10 Å². The van der Waals surface area contributed by atoms with Crippen molar-refractivity contribution >= 4 is 35.3 Å². The smallest absolute Gasteiger partial charge is 0.329 e. The Morgan fingerprint density at radius 1 is 0.821 bits per heavy atom. The van der Waals surface area contributed by atoms with Crippen LogP contribution in [-0.4, -0.2) is 44.3 Å². The highest BCUT2D eigenvalue weighted by Gasteiger charge is 2.13. The topological polar surface area (TPSA) is 127 Å². The molecule has 3 aromatic rings. The Balaban J connectivity index is 1.48. The minimum absolute atomic E-state index is 0.209. The molecule has 204 valence electrons. The molecule has 0 bridgehead atoms. The first-order chi connectivity index (χ1) is 18.9. The van der Waals surface area contributed by atoms with Gasteiger partial charge >= 0.3 is 11.8 Å². The van der Waals surface area contributed by atoms with Crippen molar-refractivity contribution in [2.75, 3.05) is 31.0 Å². The second-order valence-electron chi connectivity index (χ2n) is 8.32. The van der Waals surface area contributed by atoms with Gasteiger partial charge in [-0.05, 0) is 78.6 Å². The van der Waals surface area contributed by atoms with Crippen LogP contribution in [0.4, 0.5) is 11.4 Å². The van der Waals surface area contributed by atoms with E-state index in [4.69, 9.17) is 14.2 Å². The SMILES string of the molecule is CCCOc1ccc(NC(=O)C(=O)N/N=C\c2ccc(OCC(=O)Nc3ccc(CC)cc3)c(OC)c2)cc1.